The van der Waals surface area contributed by atoms with Gasteiger partial charge in [-0.25, -0.2) is 4.68 Å². The molecule has 7 heteroatoms. The number of piperidine rings is 1. The lowest BCUT2D eigenvalue weighted by Crippen LogP contribution is -2.48. The van der Waals surface area contributed by atoms with Gasteiger partial charge in [-0.15, -0.1) is 0 Å². The first kappa shape index (κ1) is 22.9. The lowest BCUT2D eigenvalue weighted by molar-refractivity contribution is -0.0728. The van der Waals surface area contributed by atoms with E-state index in [1.54, 1.807) is 4.68 Å². The summed E-state index contributed by atoms with van der Waals surface area (Å²) in [7, 11) is 0. The molecule has 2 aromatic heterocycles. The molecule has 4 heterocycles. The van der Waals surface area contributed by atoms with Crippen molar-refractivity contribution in [2.24, 2.45) is 5.92 Å². The van der Waals surface area contributed by atoms with Crippen LogP contribution in [-0.4, -0.2) is 70.4 Å². The molecule has 180 valence electrons. The van der Waals surface area contributed by atoms with Gasteiger partial charge < -0.3 is 14.1 Å². The van der Waals surface area contributed by atoms with Crippen LogP contribution in [0, 0.1) is 12.8 Å². The van der Waals surface area contributed by atoms with Gasteiger partial charge in [0.05, 0.1) is 23.5 Å². The Labute approximate surface area is 201 Å². The normalized spacial score (nSPS) is 22.3. The second-order valence-corrected chi connectivity index (χ2v) is 9.79. The lowest BCUT2D eigenvalue weighted by Gasteiger charge is -2.39. The maximum atomic E-state index is 13.6. The van der Waals surface area contributed by atoms with Crippen molar-refractivity contribution in [2.75, 3.05) is 32.7 Å². The average Bonchev–Trinajstić information content (AvgIpc) is 3.45. The third-order valence-corrected chi connectivity index (χ3v) is 6.85. The molecule has 0 aliphatic carbocycles. The van der Waals surface area contributed by atoms with Gasteiger partial charge in [-0.05, 0) is 63.8 Å². The van der Waals surface area contributed by atoms with E-state index < -0.39 is 0 Å². The maximum absolute atomic E-state index is 13.6. The number of hydrogen-bond acceptors (Lipinski definition) is 5. The molecule has 0 spiro atoms. The van der Waals surface area contributed by atoms with E-state index in [0.717, 1.165) is 57.0 Å². The summed E-state index contributed by atoms with van der Waals surface area (Å²) in [6.07, 6.45) is 4.46. The van der Waals surface area contributed by atoms with Crippen LogP contribution >= 0.6 is 0 Å². The number of carbonyl (C=O) groups excluding carboxylic acids is 1. The van der Waals surface area contributed by atoms with Gasteiger partial charge in [0.25, 0.3) is 5.91 Å². The predicted octanol–water partition coefficient (Wildman–Crippen LogP) is 4.40. The Bertz CT molecular complexity index is 1100. The number of rotatable bonds is 5. The zero-order valence-electron chi connectivity index (χ0n) is 20.3. The van der Waals surface area contributed by atoms with E-state index in [0.29, 0.717) is 22.9 Å². The van der Waals surface area contributed by atoms with Crippen LogP contribution in [0.2, 0.25) is 0 Å². The molecule has 2 fully saturated rings. The van der Waals surface area contributed by atoms with Crippen molar-refractivity contribution in [2.45, 2.75) is 45.8 Å². The summed E-state index contributed by atoms with van der Waals surface area (Å²) in [5.41, 5.74) is 2.10. The molecule has 34 heavy (non-hydrogen) atoms. The number of hydrogen-bond donors (Lipinski definition) is 0. The fourth-order valence-corrected chi connectivity index (χ4v) is 5.27. The standard InChI is InChI=1S/C27H34N4O3/c1-19-9-10-25(34-19)26-24(18-31(28-26)23-7-5-4-6-8-23)27(32)30-13-11-22(12-14-30)17-29-15-20(2)33-21(3)16-29/h4-10,18,20-22H,11-17H2,1-3H3. The van der Waals surface area contributed by atoms with Gasteiger partial charge >= 0.3 is 0 Å². The van der Waals surface area contributed by atoms with E-state index in [4.69, 9.17) is 14.3 Å². The first-order valence-electron chi connectivity index (χ1n) is 12.3. The first-order valence-corrected chi connectivity index (χ1v) is 12.3. The van der Waals surface area contributed by atoms with Crippen LogP contribution in [0.15, 0.2) is 53.1 Å². The Morgan fingerprint density at radius 1 is 1.03 bits per heavy atom. The van der Waals surface area contributed by atoms with E-state index in [1.807, 2.05) is 60.5 Å². The van der Waals surface area contributed by atoms with Gasteiger partial charge in [-0.1, -0.05) is 18.2 Å². The highest BCUT2D eigenvalue weighted by Gasteiger charge is 2.30. The number of ether oxygens (including phenoxy) is 1. The Hall–Kier alpha value is -2.90. The number of likely N-dealkylation sites (tertiary alicyclic amines) is 1. The van der Waals surface area contributed by atoms with Gasteiger partial charge in [0.2, 0.25) is 0 Å². The van der Waals surface area contributed by atoms with Crippen molar-refractivity contribution in [3.63, 3.8) is 0 Å². The predicted molar refractivity (Wildman–Crippen MR) is 131 cm³/mol. The number of benzene rings is 1. The SMILES string of the molecule is Cc1ccc(-c2nn(-c3ccccc3)cc2C(=O)N2CCC(CN3CC(C)OC(C)C3)CC2)o1. The van der Waals surface area contributed by atoms with Gasteiger partial charge in [0.1, 0.15) is 11.5 Å². The lowest BCUT2D eigenvalue weighted by atomic mass is 9.95. The molecule has 2 saturated heterocycles. The van der Waals surface area contributed by atoms with Crippen LogP contribution in [-0.2, 0) is 4.74 Å². The Morgan fingerprint density at radius 2 is 1.74 bits per heavy atom. The number of morpholine rings is 1. The van der Waals surface area contributed by atoms with E-state index in [9.17, 15) is 4.79 Å². The second kappa shape index (κ2) is 9.76. The molecule has 0 saturated carbocycles. The maximum Gasteiger partial charge on any atom is 0.257 e. The number of carbonyl (C=O) groups is 1. The van der Waals surface area contributed by atoms with E-state index in [2.05, 4.69) is 18.7 Å². The Kier molecular flexibility index (Phi) is 6.57. The van der Waals surface area contributed by atoms with Crippen molar-refractivity contribution in [3.05, 3.63) is 60.0 Å². The van der Waals surface area contributed by atoms with Gasteiger partial charge in [-0.2, -0.15) is 5.10 Å². The minimum Gasteiger partial charge on any atom is -0.460 e. The highest BCUT2D eigenvalue weighted by atomic mass is 16.5. The van der Waals surface area contributed by atoms with Gasteiger partial charge in [0, 0.05) is 38.9 Å². The van der Waals surface area contributed by atoms with Crippen molar-refractivity contribution in [1.29, 1.82) is 0 Å². The number of aryl methyl sites for hydroxylation is 1. The fraction of sp³-hybridized carbons (Fsp3) is 0.481. The van der Waals surface area contributed by atoms with Crippen molar-refractivity contribution in [1.82, 2.24) is 19.6 Å². The van der Waals surface area contributed by atoms with Crippen LogP contribution in [0.4, 0.5) is 0 Å². The fourth-order valence-electron chi connectivity index (χ4n) is 5.27. The van der Waals surface area contributed by atoms with Crippen molar-refractivity contribution < 1.29 is 13.9 Å². The highest BCUT2D eigenvalue weighted by molar-refractivity contribution is 5.99. The average molecular weight is 463 g/mol. The molecule has 7 nitrogen and oxygen atoms in total. The number of aromatic nitrogens is 2. The molecule has 5 rings (SSSR count). The van der Waals surface area contributed by atoms with Gasteiger partial charge in [0.15, 0.2) is 5.76 Å². The number of amides is 1. The first-order chi connectivity index (χ1) is 16.5. The van der Waals surface area contributed by atoms with Crippen LogP contribution in [0.1, 0.15) is 42.8 Å². The summed E-state index contributed by atoms with van der Waals surface area (Å²) >= 11 is 0. The molecular weight excluding hydrogens is 428 g/mol. The Morgan fingerprint density at radius 3 is 2.38 bits per heavy atom. The van der Waals surface area contributed by atoms with E-state index in [1.165, 1.54) is 0 Å². The minimum absolute atomic E-state index is 0.0262. The van der Waals surface area contributed by atoms with Crippen LogP contribution in [0.5, 0.6) is 0 Å². The van der Waals surface area contributed by atoms with Crippen LogP contribution < -0.4 is 0 Å². The molecule has 1 amide bonds. The monoisotopic (exact) mass is 462 g/mol. The topological polar surface area (TPSA) is 63.7 Å². The number of nitrogens with zero attached hydrogens (tertiary/aromatic N) is 4. The van der Waals surface area contributed by atoms with Crippen molar-refractivity contribution >= 4 is 5.91 Å². The zero-order valence-corrected chi connectivity index (χ0v) is 20.3. The molecular formula is C27H34N4O3. The molecule has 0 bridgehead atoms. The minimum atomic E-state index is 0.0262. The van der Waals surface area contributed by atoms with Gasteiger partial charge in [-0.3, -0.25) is 9.69 Å². The number of furan rings is 1. The summed E-state index contributed by atoms with van der Waals surface area (Å²) in [4.78, 5) is 18.1. The molecule has 2 unspecified atom stereocenters. The summed E-state index contributed by atoms with van der Waals surface area (Å²) in [5.74, 6) is 2.07. The molecule has 0 radical (unpaired) electrons. The van der Waals surface area contributed by atoms with Crippen LogP contribution in [0.25, 0.3) is 17.1 Å². The summed E-state index contributed by atoms with van der Waals surface area (Å²) < 4.78 is 13.5. The molecule has 2 aliphatic rings. The summed E-state index contributed by atoms with van der Waals surface area (Å²) in [6, 6.07) is 13.7. The molecule has 0 N–H and O–H groups in total. The van der Waals surface area contributed by atoms with Crippen molar-refractivity contribution in [3.8, 4) is 17.1 Å². The summed E-state index contributed by atoms with van der Waals surface area (Å²) in [5, 5.41) is 4.74. The zero-order chi connectivity index (χ0) is 23.7. The largest absolute Gasteiger partial charge is 0.460 e. The molecule has 1 aromatic carbocycles. The highest BCUT2D eigenvalue weighted by Crippen LogP contribution is 2.29. The third kappa shape index (κ3) is 4.95. The quantitative estimate of drug-likeness (QED) is 0.562. The molecule has 3 aromatic rings. The van der Waals surface area contributed by atoms with E-state index in [-0.39, 0.29) is 18.1 Å². The van der Waals surface area contributed by atoms with Crippen LogP contribution in [0.3, 0.4) is 0 Å². The Balaban J connectivity index is 1.30. The number of para-hydroxylation sites is 1. The smallest absolute Gasteiger partial charge is 0.257 e. The third-order valence-electron chi connectivity index (χ3n) is 6.85. The molecule has 2 aliphatic heterocycles. The van der Waals surface area contributed by atoms with E-state index >= 15 is 0 Å². The summed E-state index contributed by atoms with van der Waals surface area (Å²) in [6.45, 7) is 10.8. The second-order valence-electron chi connectivity index (χ2n) is 9.79. The molecule has 2 atom stereocenters.